The maximum absolute atomic E-state index is 11.5. The molecule has 1 rings (SSSR count). The number of rotatable bonds is 5. The van der Waals surface area contributed by atoms with Crippen LogP contribution >= 0.6 is 0 Å². The van der Waals surface area contributed by atoms with Gasteiger partial charge in [-0.05, 0) is 13.8 Å². The molecule has 2 N–H and O–H groups in total. The summed E-state index contributed by atoms with van der Waals surface area (Å²) in [5, 5.41) is 4.01. The molecule has 0 aliphatic heterocycles. The van der Waals surface area contributed by atoms with Crippen molar-refractivity contribution in [2.75, 3.05) is 5.75 Å². The number of aryl methyl sites for hydroxylation is 1. The van der Waals surface area contributed by atoms with Gasteiger partial charge in [0.2, 0.25) is 0 Å². The maximum Gasteiger partial charge on any atom is 0.139 e. The summed E-state index contributed by atoms with van der Waals surface area (Å²) in [6.45, 7) is 4.58. The number of nitrogens with two attached hydrogens (primary N) is 1. The van der Waals surface area contributed by atoms with Crippen LogP contribution in [0.25, 0.3) is 0 Å². The molecule has 0 amide bonds. The van der Waals surface area contributed by atoms with Crippen LogP contribution in [0.15, 0.2) is 6.33 Å². The largest absolute Gasteiger partial charge is 0.327 e. The van der Waals surface area contributed by atoms with Crippen LogP contribution in [0.5, 0.6) is 0 Å². The first-order valence-electron chi connectivity index (χ1n) is 4.60. The Hall–Kier alpha value is -0.750. The molecular weight excluding hydrogens is 200 g/mol. The SMILES string of the molecule is CCn1ncnc1CS(=O)CC(C)N. The summed E-state index contributed by atoms with van der Waals surface area (Å²) in [5.41, 5.74) is 5.56. The monoisotopic (exact) mass is 216 g/mol. The summed E-state index contributed by atoms with van der Waals surface area (Å²) in [6, 6.07) is -0.0335. The molecular formula is C8H16N4OS. The molecule has 80 valence electrons. The smallest absolute Gasteiger partial charge is 0.139 e. The Morgan fingerprint density at radius 3 is 3.00 bits per heavy atom. The number of aromatic nitrogens is 3. The molecule has 0 spiro atoms. The van der Waals surface area contributed by atoms with Crippen molar-refractivity contribution in [2.45, 2.75) is 32.2 Å². The van der Waals surface area contributed by atoms with Crippen LogP contribution in [-0.2, 0) is 23.1 Å². The first-order valence-corrected chi connectivity index (χ1v) is 6.09. The van der Waals surface area contributed by atoms with Gasteiger partial charge in [-0.2, -0.15) is 5.10 Å². The van der Waals surface area contributed by atoms with E-state index in [1.165, 1.54) is 6.33 Å². The van der Waals surface area contributed by atoms with Crippen LogP contribution in [0.4, 0.5) is 0 Å². The first kappa shape index (κ1) is 11.3. The highest BCUT2D eigenvalue weighted by Crippen LogP contribution is 2.00. The van der Waals surface area contributed by atoms with Gasteiger partial charge in [0.15, 0.2) is 0 Å². The van der Waals surface area contributed by atoms with Crippen molar-refractivity contribution in [3.05, 3.63) is 12.2 Å². The quantitative estimate of drug-likeness (QED) is 0.745. The van der Waals surface area contributed by atoms with Gasteiger partial charge in [0.1, 0.15) is 12.2 Å². The van der Waals surface area contributed by atoms with Crippen molar-refractivity contribution in [2.24, 2.45) is 5.73 Å². The Labute approximate surface area is 86.2 Å². The van der Waals surface area contributed by atoms with Gasteiger partial charge in [-0.15, -0.1) is 0 Å². The summed E-state index contributed by atoms with van der Waals surface area (Å²) in [4.78, 5) is 4.05. The van der Waals surface area contributed by atoms with Crippen LogP contribution in [0.3, 0.4) is 0 Å². The molecule has 5 nitrogen and oxygen atoms in total. The van der Waals surface area contributed by atoms with E-state index in [9.17, 15) is 4.21 Å². The second kappa shape index (κ2) is 5.21. The van der Waals surface area contributed by atoms with Gasteiger partial charge < -0.3 is 5.73 Å². The van der Waals surface area contributed by atoms with E-state index < -0.39 is 10.8 Å². The van der Waals surface area contributed by atoms with E-state index in [-0.39, 0.29) is 6.04 Å². The molecule has 0 saturated carbocycles. The lowest BCUT2D eigenvalue weighted by Gasteiger charge is -2.05. The van der Waals surface area contributed by atoms with Crippen LogP contribution in [0, 0.1) is 0 Å². The van der Waals surface area contributed by atoms with E-state index in [4.69, 9.17) is 5.73 Å². The first-order chi connectivity index (χ1) is 6.63. The lowest BCUT2D eigenvalue weighted by molar-refractivity contribution is 0.626. The topological polar surface area (TPSA) is 73.8 Å². The molecule has 0 fully saturated rings. The zero-order valence-corrected chi connectivity index (χ0v) is 9.33. The fourth-order valence-corrected chi connectivity index (χ4v) is 2.38. The Morgan fingerprint density at radius 1 is 1.71 bits per heavy atom. The lowest BCUT2D eigenvalue weighted by atomic mass is 10.4. The van der Waals surface area contributed by atoms with Gasteiger partial charge in [0.05, 0.1) is 5.75 Å². The minimum Gasteiger partial charge on any atom is -0.327 e. The average Bonchev–Trinajstić information content (AvgIpc) is 2.50. The molecule has 0 radical (unpaired) electrons. The number of nitrogens with zero attached hydrogens (tertiary/aromatic N) is 3. The molecule has 2 unspecified atom stereocenters. The Kier molecular flexibility index (Phi) is 4.21. The zero-order chi connectivity index (χ0) is 10.6. The van der Waals surface area contributed by atoms with Crippen molar-refractivity contribution in [1.29, 1.82) is 0 Å². The molecule has 2 atom stereocenters. The molecule has 6 heteroatoms. The molecule has 0 saturated heterocycles. The molecule has 14 heavy (non-hydrogen) atoms. The number of hydrogen-bond acceptors (Lipinski definition) is 4. The normalized spacial score (nSPS) is 15.4. The predicted molar refractivity (Wildman–Crippen MR) is 56.1 cm³/mol. The molecule has 0 aromatic carbocycles. The summed E-state index contributed by atoms with van der Waals surface area (Å²) in [5.74, 6) is 1.72. The number of hydrogen-bond donors (Lipinski definition) is 1. The fourth-order valence-electron chi connectivity index (χ4n) is 1.16. The fraction of sp³-hybridized carbons (Fsp3) is 0.750. The predicted octanol–water partition coefficient (Wildman–Crippen LogP) is -0.106. The van der Waals surface area contributed by atoms with Crippen LogP contribution in [0.1, 0.15) is 19.7 Å². The highest BCUT2D eigenvalue weighted by atomic mass is 32.2. The second-order valence-corrected chi connectivity index (χ2v) is 4.72. The van der Waals surface area contributed by atoms with E-state index in [0.717, 1.165) is 12.4 Å². The van der Waals surface area contributed by atoms with Crippen LogP contribution in [-0.4, -0.2) is 30.8 Å². The van der Waals surface area contributed by atoms with Crippen LogP contribution in [0.2, 0.25) is 0 Å². The van der Waals surface area contributed by atoms with Crippen LogP contribution < -0.4 is 5.73 Å². The van der Waals surface area contributed by atoms with E-state index in [1.807, 2.05) is 13.8 Å². The zero-order valence-electron chi connectivity index (χ0n) is 8.51. The molecule has 1 aromatic heterocycles. The molecule has 1 aromatic rings. The average molecular weight is 216 g/mol. The van der Waals surface area contributed by atoms with E-state index in [0.29, 0.717) is 11.5 Å². The standard InChI is InChI=1S/C8H16N4OS/c1-3-12-8(10-6-11-12)5-14(13)4-7(2)9/h6-7H,3-5,9H2,1-2H3. The summed E-state index contributed by atoms with van der Waals surface area (Å²) >= 11 is 0. The van der Waals surface area contributed by atoms with Gasteiger partial charge >= 0.3 is 0 Å². The van der Waals surface area contributed by atoms with Gasteiger partial charge in [0.25, 0.3) is 0 Å². The highest BCUT2D eigenvalue weighted by molar-refractivity contribution is 7.84. The molecule has 0 bridgehead atoms. The van der Waals surface area contributed by atoms with Crippen molar-refractivity contribution >= 4 is 10.8 Å². The van der Waals surface area contributed by atoms with E-state index in [1.54, 1.807) is 4.68 Å². The van der Waals surface area contributed by atoms with Crippen molar-refractivity contribution in [3.8, 4) is 0 Å². The minimum atomic E-state index is -0.940. The third kappa shape index (κ3) is 3.19. The van der Waals surface area contributed by atoms with Gasteiger partial charge in [0, 0.05) is 29.1 Å². The lowest BCUT2D eigenvalue weighted by Crippen LogP contribution is -2.24. The highest BCUT2D eigenvalue weighted by Gasteiger charge is 2.09. The minimum absolute atomic E-state index is 0.0335. The Morgan fingerprint density at radius 2 is 2.43 bits per heavy atom. The Bertz CT molecular complexity index is 310. The summed E-state index contributed by atoms with van der Waals surface area (Å²) < 4.78 is 13.3. The molecule has 0 aliphatic carbocycles. The summed E-state index contributed by atoms with van der Waals surface area (Å²) in [6.07, 6.45) is 1.49. The molecule has 0 aliphatic rings. The Balaban J connectivity index is 2.55. The third-order valence-electron chi connectivity index (χ3n) is 1.73. The van der Waals surface area contributed by atoms with E-state index in [2.05, 4.69) is 10.1 Å². The third-order valence-corrected chi connectivity index (χ3v) is 3.21. The van der Waals surface area contributed by atoms with Crippen molar-refractivity contribution in [3.63, 3.8) is 0 Å². The van der Waals surface area contributed by atoms with E-state index >= 15 is 0 Å². The van der Waals surface area contributed by atoms with Gasteiger partial charge in [-0.1, -0.05) is 0 Å². The maximum atomic E-state index is 11.5. The molecule has 1 heterocycles. The second-order valence-electron chi connectivity index (χ2n) is 3.22. The van der Waals surface area contributed by atoms with Crippen molar-refractivity contribution in [1.82, 2.24) is 14.8 Å². The van der Waals surface area contributed by atoms with Gasteiger partial charge in [-0.3, -0.25) is 4.21 Å². The van der Waals surface area contributed by atoms with Gasteiger partial charge in [-0.25, -0.2) is 9.67 Å². The van der Waals surface area contributed by atoms with Crippen molar-refractivity contribution < 1.29 is 4.21 Å². The summed E-state index contributed by atoms with van der Waals surface area (Å²) in [7, 11) is -0.940.